The number of nitrogens with one attached hydrogen (secondary N) is 1. The van der Waals surface area contributed by atoms with Crippen molar-refractivity contribution >= 4 is 5.91 Å². The van der Waals surface area contributed by atoms with Crippen LogP contribution in [0.5, 0.6) is 0 Å². The molecule has 2 saturated heterocycles. The van der Waals surface area contributed by atoms with E-state index < -0.39 is 0 Å². The van der Waals surface area contributed by atoms with Crippen LogP contribution in [0.4, 0.5) is 0 Å². The molecule has 2 heterocycles. The van der Waals surface area contributed by atoms with Gasteiger partial charge in [0.1, 0.15) is 0 Å². The number of hydrogen-bond acceptors (Lipinski definition) is 3. The van der Waals surface area contributed by atoms with E-state index in [1.165, 1.54) is 38.5 Å². The lowest BCUT2D eigenvalue weighted by molar-refractivity contribution is -0.134. The first kappa shape index (κ1) is 13.4. The zero-order valence-electron chi connectivity index (χ0n) is 11.9. The molecule has 1 N–H and O–H groups in total. The van der Waals surface area contributed by atoms with Crippen LogP contribution < -0.4 is 5.32 Å². The maximum atomic E-state index is 12.7. The molecular formula is C15H27N3O. The van der Waals surface area contributed by atoms with Crippen molar-refractivity contribution in [3.8, 4) is 0 Å². The minimum absolute atomic E-state index is 0.186. The molecule has 19 heavy (non-hydrogen) atoms. The van der Waals surface area contributed by atoms with Gasteiger partial charge in [0.15, 0.2) is 0 Å². The van der Waals surface area contributed by atoms with E-state index in [0.29, 0.717) is 11.9 Å². The number of amides is 1. The topological polar surface area (TPSA) is 35.6 Å². The number of likely N-dealkylation sites (tertiary alicyclic amines) is 1. The average Bonchev–Trinajstić information content (AvgIpc) is 2.67. The summed E-state index contributed by atoms with van der Waals surface area (Å²) >= 11 is 0. The third-order valence-corrected chi connectivity index (χ3v) is 5.07. The first-order valence-corrected chi connectivity index (χ1v) is 8.11. The fourth-order valence-corrected chi connectivity index (χ4v) is 3.95. The zero-order valence-corrected chi connectivity index (χ0v) is 11.9. The van der Waals surface area contributed by atoms with Crippen LogP contribution in [0.1, 0.15) is 44.9 Å². The number of piperazine rings is 1. The van der Waals surface area contributed by atoms with Gasteiger partial charge >= 0.3 is 0 Å². The summed E-state index contributed by atoms with van der Waals surface area (Å²) < 4.78 is 0. The van der Waals surface area contributed by atoms with Crippen molar-refractivity contribution in [3.05, 3.63) is 0 Å². The first-order valence-electron chi connectivity index (χ1n) is 8.11. The van der Waals surface area contributed by atoms with Crippen molar-refractivity contribution in [1.82, 2.24) is 15.1 Å². The second-order valence-electron chi connectivity index (χ2n) is 6.27. The molecule has 0 aromatic heterocycles. The van der Waals surface area contributed by atoms with Crippen molar-refractivity contribution < 1.29 is 4.79 Å². The predicted octanol–water partition coefficient (Wildman–Crippen LogP) is 1.22. The van der Waals surface area contributed by atoms with Gasteiger partial charge in [-0.3, -0.25) is 9.69 Å². The van der Waals surface area contributed by atoms with E-state index in [0.717, 1.165) is 39.1 Å². The second kappa shape index (κ2) is 6.23. The van der Waals surface area contributed by atoms with Gasteiger partial charge < -0.3 is 10.2 Å². The molecule has 1 atom stereocenters. The van der Waals surface area contributed by atoms with Crippen LogP contribution in [0.15, 0.2) is 0 Å². The summed E-state index contributed by atoms with van der Waals surface area (Å²) in [7, 11) is 0. The number of hydrogen-bond donors (Lipinski definition) is 1. The monoisotopic (exact) mass is 265 g/mol. The van der Waals surface area contributed by atoms with Crippen LogP contribution in [0, 0.1) is 0 Å². The van der Waals surface area contributed by atoms with E-state index in [1.807, 2.05) is 0 Å². The summed E-state index contributed by atoms with van der Waals surface area (Å²) in [5.41, 5.74) is 0. The van der Waals surface area contributed by atoms with E-state index in [2.05, 4.69) is 15.1 Å². The lowest BCUT2D eigenvalue weighted by atomic mass is 10.1. The predicted molar refractivity (Wildman–Crippen MR) is 76.1 cm³/mol. The van der Waals surface area contributed by atoms with Crippen molar-refractivity contribution in [2.75, 3.05) is 32.7 Å². The molecule has 0 bridgehead atoms. The Bertz CT molecular complexity index is 307. The Morgan fingerprint density at radius 1 is 0.895 bits per heavy atom. The third kappa shape index (κ3) is 2.95. The van der Waals surface area contributed by atoms with Crippen LogP contribution in [0.3, 0.4) is 0 Å². The Morgan fingerprint density at radius 3 is 2.26 bits per heavy atom. The number of nitrogens with zero attached hydrogens (tertiary/aromatic N) is 2. The van der Waals surface area contributed by atoms with Crippen molar-refractivity contribution in [2.45, 2.75) is 57.0 Å². The van der Waals surface area contributed by atoms with Gasteiger partial charge in [-0.1, -0.05) is 25.7 Å². The molecule has 0 spiro atoms. The van der Waals surface area contributed by atoms with E-state index in [4.69, 9.17) is 0 Å². The Hall–Kier alpha value is -0.610. The normalized spacial score (nSPS) is 31.7. The van der Waals surface area contributed by atoms with E-state index in [9.17, 15) is 4.79 Å². The van der Waals surface area contributed by atoms with Crippen LogP contribution in [0.25, 0.3) is 0 Å². The highest BCUT2D eigenvalue weighted by molar-refractivity contribution is 5.84. The molecule has 4 heteroatoms. The highest BCUT2D eigenvalue weighted by atomic mass is 16.2. The Labute approximate surface area is 116 Å². The van der Waals surface area contributed by atoms with Crippen LogP contribution in [0.2, 0.25) is 0 Å². The van der Waals surface area contributed by atoms with Crippen molar-refractivity contribution in [1.29, 1.82) is 0 Å². The molecule has 1 aliphatic carbocycles. The molecule has 4 nitrogen and oxygen atoms in total. The average molecular weight is 265 g/mol. The van der Waals surface area contributed by atoms with Gasteiger partial charge in [-0.25, -0.2) is 0 Å². The number of carbonyl (C=O) groups is 1. The summed E-state index contributed by atoms with van der Waals surface area (Å²) in [4.78, 5) is 17.3. The van der Waals surface area contributed by atoms with Crippen LogP contribution in [-0.4, -0.2) is 60.5 Å². The molecule has 3 fully saturated rings. The van der Waals surface area contributed by atoms with Crippen LogP contribution >= 0.6 is 0 Å². The first-order chi connectivity index (χ1) is 9.36. The molecule has 1 saturated carbocycles. The van der Waals surface area contributed by atoms with E-state index >= 15 is 0 Å². The summed E-state index contributed by atoms with van der Waals surface area (Å²) in [5, 5.41) is 3.37. The zero-order chi connectivity index (χ0) is 13.1. The van der Waals surface area contributed by atoms with Gasteiger partial charge in [0.05, 0.1) is 6.04 Å². The molecule has 0 radical (unpaired) electrons. The Morgan fingerprint density at radius 2 is 1.58 bits per heavy atom. The summed E-state index contributed by atoms with van der Waals surface area (Å²) in [6, 6.07) is 0.730. The highest BCUT2D eigenvalue weighted by Gasteiger charge is 2.39. The smallest absolute Gasteiger partial charge is 0.240 e. The largest absolute Gasteiger partial charge is 0.338 e. The summed E-state index contributed by atoms with van der Waals surface area (Å²) in [5.74, 6) is 0.425. The molecular weight excluding hydrogens is 238 g/mol. The number of carbonyl (C=O) groups excluding carboxylic acids is 1. The Balaban J connectivity index is 1.60. The van der Waals surface area contributed by atoms with Gasteiger partial charge in [-0.2, -0.15) is 0 Å². The second-order valence-corrected chi connectivity index (χ2v) is 6.27. The minimum Gasteiger partial charge on any atom is -0.338 e. The van der Waals surface area contributed by atoms with Gasteiger partial charge in [0.25, 0.3) is 0 Å². The minimum atomic E-state index is 0.186. The lowest BCUT2D eigenvalue weighted by Crippen LogP contribution is -2.51. The lowest BCUT2D eigenvalue weighted by Gasteiger charge is -2.33. The van der Waals surface area contributed by atoms with Crippen molar-refractivity contribution in [2.24, 2.45) is 0 Å². The van der Waals surface area contributed by atoms with Gasteiger partial charge in [0.2, 0.25) is 5.91 Å². The SMILES string of the molecule is O=C1C(N2CCNCC2)CCN1C1CCCCCC1. The third-order valence-electron chi connectivity index (χ3n) is 5.07. The molecule has 2 aliphatic heterocycles. The fourth-order valence-electron chi connectivity index (χ4n) is 3.95. The number of rotatable bonds is 2. The van der Waals surface area contributed by atoms with Gasteiger partial charge in [0, 0.05) is 38.8 Å². The summed E-state index contributed by atoms with van der Waals surface area (Å²) in [6.45, 7) is 5.14. The summed E-state index contributed by atoms with van der Waals surface area (Å²) in [6.07, 6.45) is 8.87. The molecule has 3 aliphatic rings. The quantitative estimate of drug-likeness (QED) is 0.763. The van der Waals surface area contributed by atoms with Crippen molar-refractivity contribution in [3.63, 3.8) is 0 Å². The van der Waals surface area contributed by atoms with Gasteiger partial charge in [-0.15, -0.1) is 0 Å². The molecule has 0 aromatic carbocycles. The molecule has 1 unspecified atom stereocenters. The van der Waals surface area contributed by atoms with Gasteiger partial charge in [-0.05, 0) is 19.3 Å². The maximum Gasteiger partial charge on any atom is 0.240 e. The molecule has 0 aromatic rings. The maximum absolute atomic E-state index is 12.7. The van der Waals surface area contributed by atoms with Crippen LogP contribution in [-0.2, 0) is 4.79 Å². The molecule has 3 rings (SSSR count). The van der Waals surface area contributed by atoms with E-state index in [-0.39, 0.29) is 6.04 Å². The molecule has 1 amide bonds. The fraction of sp³-hybridized carbons (Fsp3) is 0.933. The standard InChI is InChI=1S/C15H27N3O/c19-15-14(17-11-8-16-9-12-17)7-10-18(15)13-5-3-1-2-4-6-13/h13-14,16H,1-12H2. The molecule has 108 valence electrons. The Kier molecular flexibility index (Phi) is 4.38. The highest BCUT2D eigenvalue weighted by Crippen LogP contribution is 2.27. The van der Waals surface area contributed by atoms with E-state index in [1.54, 1.807) is 0 Å².